The van der Waals surface area contributed by atoms with Crippen LogP contribution >= 0.6 is 15.9 Å². The molecule has 0 aliphatic carbocycles. The largest absolute Gasteiger partial charge is 0.392 e. The minimum absolute atomic E-state index is 0.0128. The van der Waals surface area contributed by atoms with Crippen LogP contribution < -0.4 is 0 Å². The Bertz CT molecular complexity index is 271. The second kappa shape index (κ2) is 4.03. The van der Waals surface area contributed by atoms with E-state index >= 15 is 0 Å². The Morgan fingerprint density at radius 3 is 2.67 bits per heavy atom. The summed E-state index contributed by atoms with van der Waals surface area (Å²) in [5.74, 6) is 0. The van der Waals surface area contributed by atoms with Crippen molar-refractivity contribution in [3.63, 3.8) is 0 Å². The van der Waals surface area contributed by atoms with Crippen molar-refractivity contribution in [3.8, 4) is 0 Å². The first kappa shape index (κ1) is 9.71. The molecule has 0 heterocycles. The van der Waals surface area contributed by atoms with Crippen molar-refractivity contribution in [1.29, 1.82) is 0 Å². The van der Waals surface area contributed by atoms with Crippen LogP contribution in [0, 0.1) is 0 Å². The van der Waals surface area contributed by atoms with E-state index in [9.17, 15) is 5.11 Å². The van der Waals surface area contributed by atoms with Crippen LogP contribution in [0.1, 0.15) is 24.2 Å². The van der Waals surface area contributed by atoms with Crippen molar-refractivity contribution >= 4 is 15.9 Å². The smallest absolute Gasteiger partial charge is 0.0762 e. The number of hydrogen-bond acceptors (Lipinski definition) is 2. The number of aliphatic hydroxyl groups excluding tert-OH is 2. The van der Waals surface area contributed by atoms with Crippen molar-refractivity contribution in [2.24, 2.45) is 0 Å². The molecule has 1 atom stereocenters. The minimum atomic E-state index is -0.483. The summed E-state index contributed by atoms with van der Waals surface area (Å²) in [5.41, 5.74) is 1.62. The number of benzene rings is 1. The second-order valence-electron chi connectivity index (χ2n) is 2.68. The van der Waals surface area contributed by atoms with Crippen LogP contribution in [0.4, 0.5) is 0 Å². The van der Waals surface area contributed by atoms with Crippen LogP contribution in [0.25, 0.3) is 0 Å². The zero-order chi connectivity index (χ0) is 9.14. The SMILES string of the molecule is CC(O)c1ccc(Br)c(CO)c1. The molecule has 0 aliphatic heterocycles. The monoisotopic (exact) mass is 230 g/mol. The third kappa shape index (κ3) is 2.06. The van der Waals surface area contributed by atoms with E-state index in [2.05, 4.69) is 15.9 Å². The molecule has 0 saturated carbocycles. The second-order valence-corrected chi connectivity index (χ2v) is 3.54. The molecule has 0 amide bonds. The Labute approximate surface area is 80.0 Å². The maximum Gasteiger partial charge on any atom is 0.0762 e. The molecule has 2 nitrogen and oxygen atoms in total. The van der Waals surface area contributed by atoms with Gasteiger partial charge in [0.2, 0.25) is 0 Å². The van der Waals surface area contributed by atoms with Crippen molar-refractivity contribution in [3.05, 3.63) is 33.8 Å². The molecule has 1 unspecified atom stereocenters. The van der Waals surface area contributed by atoms with Crippen LogP contribution in [-0.2, 0) is 6.61 Å². The lowest BCUT2D eigenvalue weighted by Crippen LogP contribution is -1.93. The fraction of sp³-hybridized carbons (Fsp3) is 0.333. The van der Waals surface area contributed by atoms with Gasteiger partial charge in [-0.25, -0.2) is 0 Å². The van der Waals surface area contributed by atoms with Crippen LogP contribution in [0.2, 0.25) is 0 Å². The Hall–Kier alpha value is -0.380. The molecule has 1 rings (SSSR count). The van der Waals surface area contributed by atoms with Crippen LogP contribution in [-0.4, -0.2) is 10.2 Å². The van der Waals surface area contributed by atoms with Crippen LogP contribution in [0.15, 0.2) is 22.7 Å². The highest BCUT2D eigenvalue weighted by molar-refractivity contribution is 9.10. The lowest BCUT2D eigenvalue weighted by molar-refractivity contribution is 0.199. The molecule has 0 radical (unpaired) electrons. The standard InChI is InChI=1S/C9H11BrO2/c1-6(12)7-2-3-9(10)8(4-7)5-11/h2-4,6,11-12H,5H2,1H3. The first-order valence-electron chi connectivity index (χ1n) is 3.72. The first-order valence-corrected chi connectivity index (χ1v) is 4.51. The zero-order valence-corrected chi connectivity index (χ0v) is 8.37. The van der Waals surface area contributed by atoms with Gasteiger partial charge < -0.3 is 10.2 Å². The van der Waals surface area contributed by atoms with Gasteiger partial charge in [-0.2, -0.15) is 0 Å². The summed E-state index contributed by atoms with van der Waals surface area (Å²) in [6.07, 6.45) is -0.483. The van der Waals surface area contributed by atoms with E-state index in [-0.39, 0.29) is 6.61 Å². The van der Waals surface area contributed by atoms with E-state index in [1.807, 2.05) is 12.1 Å². The predicted octanol–water partition coefficient (Wildman–Crippen LogP) is 1.99. The highest BCUT2D eigenvalue weighted by Gasteiger charge is 2.03. The molecule has 12 heavy (non-hydrogen) atoms. The zero-order valence-electron chi connectivity index (χ0n) is 6.79. The lowest BCUT2D eigenvalue weighted by atomic mass is 10.1. The molecule has 0 bridgehead atoms. The molecular weight excluding hydrogens is 220 g/mol. The maximum atomic E-state index is 9.24. The molecule has 0 aliphatic rings. The third-order valence-electron chi connectivity index (χ3n) is 1.72. The van der Waals surface area contributed by atoms with Crippen molar-refractivity contribution in [2.45, 2.75) is 19.6 Å². The van der Waals surface area contributed by atoms with Gasteiger partial charge in [-0.15, -0.1) is 0 Å². The van der Waals surface area contributed by atoms with Crippen molar-refractivity contribution in [2.75, 3.05) is 0 Å². The van der Waals surface area contributed by atoms with E-state index in [0.29, 0.717) is 0 Å². The fourth-order valence-electron chi connectivity index (χ4n) is 0.976. The normalized spacial score (nSPS) is 13.0. The minimum Gasteiger partial charge on any atom is -0.392 e. The average Bonchev–Trinajstić information content (AvgIpc) is 2.05. The van der Waals surface area contributed by atoms with Gasteiger partial charge in [0, 0.05) is 4.47 Å². The number of halogens is 1. The summed E-state index contributed by atoms with van der Waals surface area (Å²) in [6, 6.07) is 5.44. The van der Waals surface area contributed by atoms with Crippen LogP contribution in [0.3, 0.4) is 0 Å². The van der Waals surface area contributed by atoms with Gasteiger partial charge in [-0.3, -0.25) is 0 Å². The summed E-state index contributed by atoms with van der Waals surface area (Å²) in [5, 5.41) is 18.2. The first-order chi connectivity index (χ1) is 5.65. The van der Waals surface area contributed by atoms with Gasteiger partial charge in [0.15, 0.2) is 0 Å². The van der Waals surface area contributed by atoms with Gasteiger partial charge in [0.05, 0.1) is 12.7 Å². The molecule has 3 heteroatoms. The summed E-state index contributed by atoms with van der Waals surface area (Å²) >= 11 is 3.30. The highest BCUT2D eigenvalue weighted by Crippen LogP contribution is 2.21. The quantitative estimate of drug-likeness (QED) is 0.817. The molecule has 0 saturated heterocycles. The van der Waals surface area contributed by atoms with Crippen molar-refractivity contribution < 1.29 is 10.2 Å². The Kier molecular flexibility index (Phi) is 3.26. The van der Waals surface area contributed by atoms with E-state index in [1.54, 1.807) is 13.0 Å². The summed E-state index contributed by atoms with van der Waals surface area (Å²) in [6.45, 7) is 1.69. The Morgan fingerprint density at radius 1 is 1.50 bits per heavy atom. The number of aliphatic hydroxyl groups is 2. The van der Waals surface area contributed by atoms with Gasteiger partial charge in [0.1, 0.15) is 0 Å². The topological polar surface area (TPSA) is 40.5 Å². The van der Waals surface area contributed by atoms with Gasteiger partial charge in [0.25, 0.3) is 0 Å². The molecule has 1 aromatic rings. The van der Waals surface area contributed by atoms with Crippen molar-refractivity contribution in [1.82, 2.24) is 0 Å². The van der Waals surface area contributed by atoms with E-state index in [0.717, 1.165) is 15.6 Å². The highest BCUT2D eigenvalue weighted by atomic mass is 79.9. The lowest BCUT2D eigenvalue weighted by Gasteiger charge is -2.07. The molecular formula is C9H11BrO2. The van der Waals surface area contributed by atoms with Crippen LogP contribution in [0.5, 0.6) is 0 Å². The van der Waals surface area contributed by atoms with Gasteiger partial charge >= 0.3 is 0 Å². The van der Waals surface area contributed by atoms with Gasteiger partial charge in [-0.1, -0.05) is 22.0 Å². The molecule has 0 fully saturated rings. The molecule has 2 N–H and O–H groups in total. The molecule has 0 aromatic heterocycles. The predicted molar refractivity (Wildman–Crippen MR) is 50.7 cm³/mol. The molecule has 1 aromatic carbocycles. The van der Waals surface area contributed by atoms with E-state index < -0.39 is 6.10 Å². The summed E-state index contributed by atoms with van der Waals surface area (Å²) in [7, 11) is 0. The molecule has 66 valence electrons. The third-order valence-corrected chi connectivity index (χ3v) is 2.50. The Balaban J connectivity index is 3.05. The summed E-state index contributed by atoms with van der Waals surface area (Å²) < 4.78 is 0.870. The summed E-state index contributed by atoms with van der Waals surface area (Å²) in [4.78, 5) is 0. The van der Waals surface area contributed by atoms with Gasteiger partial charge in [-0.05, 0) is 30.2 Å². The fourth-order valence-corrected chi connectivity index (χ4v) is 1.35. The average molecular weight is 231 g/mol. The maximum absolute atomic E-state index is 9.24. The molecule has 0 spiro atoms. The number of rotatable bonds is 2. The van der Waals surface area contributed by atoms with E-state index in [1.165, 1.54) is 0 Å². The van der Waals surface area contributed by atoms with E-state index in [4.69, 9.17) is 5.11 Å². The Morgan fingerprint density at radius 2 is 2.17 bits per heavy atom. The number of hydrogen-bond donors (Lipinski definition) is 2.